The van der Waals surface area contributed by atoms with Gasteiger partial charge in [0.25, 0.3) is 5.75 Å². The number of fused-ring (bicyclic) bond motifs is 1. The molecule has 6 nitrogen and oxygen atoms in total. The van der Waals surface area contributed by atoms with Crippen LogP contribution in [0.15, 0.2) is 27.4 Å². The van der Waals surface area contributed by atoms with Crippen LogP contribution in [0.25, 0.3) is 11.0 Å². The summed E-state index contributed by atoms with van der Waals surface area (Å²) in [5.41, 5.74) is -0.629. The van der Waals surface area contributed by atoms with Gasteiger partial charge in [-0.3, -0.25) is 4.79 Å². The van der Waals surface area contributed by atoms with Gasteiger partial charge in [-0.2, -0.15) is 0 Å². The van der Waals surface area contributed by atoms with Gasteiger partial charge in [-0.1, -0.05) is 51.9 Å². The molecule has 148 valence electrons. The van der Waals surface area contributed by atoms with Gasteiger partial charge in [-0.25, -0.2) is 4.79 Å². The quantitative estimate of drug-likeness (QED) is 0.339. The summed E-state index contributed by atoms with van der Waals surface area (Å²) in [5, 5.41) is 10.1. The molecule has 0 spiro atoms. The Labute approximate surface area is 159 Å². The first-order valence-corrected chi connectivity index (χ1v) is 9.64. The maximum atomic E-state index is 12.2. The number of benzene rings is 1. The third kappa shape index (κ3) is 6.31. The van der Waals surface area contributed by atoms with Crippen molar-refractivity contribution in [3.8, 4) is 17.2 Å². The number of hydrogen-bond donors (Lipinski definition) is 1. The van der Waals surface area contributed by atoms with Gasteiger partial charge < -0.3 is 19.0 Å². The fourth-order valence-corrected chi connectivity index (χ4v) is 2.93. The van der Waals surface area contributed by atoms with E-state index in [9.17, 15) is 14.7 Å². The van der Waals surface area contributed by atoms with E-state index < -0.39 is 11.6 Å². The highest BCUT2D eigenvalue weighted by Crippen LogP contribution is 2.34. The SMILES string of the molecule is CCCCCCCCCCOc1c(OC(C)=O)c(=O)oc2cc(O)ccc12. The molecule has 0 aliphatic rings. The zero-order valence-electron chi connectivity index (χ0n) is 16.1. The smallest absolute Gasteiger partial charge is 0.383 e. The molecule has 0 unspecified atom stereocenters. The van der Waals surface area contributed by atoms with E-state index >= 15 is 0 Å². The predicted molar refractivity (Wildman–Crippen MR) is 104 cm³/mol. The van der Waals surface area contributed by atoms with Crippen molar-refractivity contribution >= 4 is 16.9 Å². The molecule has 0 aliphatic heterocycles. The second-order valence-electron chi connectivity index (χ2n) is 6.65. The topological polar surface area (TPSA) is 86.0 Å². The number of carbonyl (C=O) groups is 1. The molecule has 6 heteroatoms. The summed E-state index contributed by atoms with van der Waals surface area (Å²) in [5.74, 6) is -0.725. The maximum absolute atomic E-state index is 12.2. The van der Waals surface area contributed by atoms with E-state index in [4.69, 9.17) is 13.9 Å². The van der Waals surface area contributed by atoms with Crippen molar-refractivity contribution in [2.24, 2.45) is 0 Å². The van der Waals surface area contributed by atoms with Crippen molar-refractivity contribution in [3.05, 3.63) is 28.6 Å². The molecule has 1 aromatic carbocycles. The minimum atomic E-state index is -0.811. The summed E-state index contributed by atoms with van der Waals surface area (Å²) >= 11 is 0. The van der Waals surface area contributed by atoms with Gasteiger partial charge >= 0.3 is 11.6 Å². The van der Waals surface area contributed by atoms with Crippen LogP contribution >= 0.6 is 0 Å². The molecule has 2 rings (SSSR count). The Morgan fingerprint density at radius 2 is 1.70 bits per heavy atom. The van der Waals surface area contributed by atoms with Crippen LogP contribution in [0.2, 0.25) is 0 Å². The molecule has 0 bridgehead atoms. The molecular formula is C21H28O6. The monoisotopic (exact) mass is 376 g/mol. The Balaban J connectivity index is 2.02. The fraction of sp³-hybridized carbons (Fsp3) is 0.524. The van der Waals surface area contributed by atoms with Crippen molar-refractivity contribution < 1.29 is 23.8 Å². The van der Waals surface area contributed by atoms with Gasteiger partial charge in [-0.15, -0.1) is 0 Å². The van der Waals surface area contributed by atoms with Crippen molar-refractivity contribution in [2.75, 3.05) is 6.61 Å². The average molecular weight is 376 g/mol. The maximum Gasteiger partial charge on any atom is 0.383 e. The Bertz CT molecular complexity index is 808. The molecule has 0 amide bonds. The summed E-state index contributed by atoms with van der Waals surface area (Å²) in [4.78, 5) is 23.5. The van der Waals surface area contributed by atoms with Gasteiger partial charge in [0.2, 0.25) is 0 Å². The van der Waals surface area contributed by atoms with Crippen molar-refractivity contribution in [1.29, 1.82) is 0 Å². The number of esters is 1. The number of phenolic OH excluding ortho intramolecular Hbond substituents is 1. The van der Waals surface area contributed by atoms with E-state index in [0.717, 1.165) is 19.3 Å². The standard InChI is InChI=1S/C21H28O6/c1-3-4-5-6-7-8-9-10-13-25-19-17-12-11-16(23)14-18(17)27-21(24)20(19)26-15(2)22/h11-12,14,23H,3-10,13H2,1-2H3. The fourth-order valence-electron chi connectivity index (χ4n) is 2.93. The highest BCUT2D eigenvalue weighted by atomic mass is 16.6. The summed E-state index contributed by atoms with van der Waals surface area (Å²) in [6.07, 6.45) is 9.33. The largest absolute Gasteiger partial charge is 0.508 e. The van der Waals surface area contributed by atoms with Crippen LogP contribution in [-0.4, -0.2) is 17.7 Å². The number of aromatic hydroxyl groups is 1. The molecule has 2 aromatic rings. The molecule has 1 heterocycles. The Hall–Kier alpha value is -2.50. The average Bonchev–Trinajstić information content (AvgIpc) is 2.62. The van der Waals surface area contributed by atoms with E-state index in [1.807, 2.05) is 0 Å². The van der Waals surface area contributed by atoms with Crippen molar-refractivity contribution in [2.45, 2.75) is 65.2 Å². The summed E-state index contributed by atoms with van der Waals surface area (Å²) in [6.45, 7) is 3.82. The van der Waals surface area contributed by atoms with E-state index in [0.29, 0.717) is 12.0 Å². The van der Waals surface area contributed by atoms with Gasteiger partial charge in [0.05, 0.1) is 12.0 Å². The molecule has 1 aromatic heterocycles. The van der Waals surface area contributed by atoms with E-state index in [1.165, 1.54) is 51.2 Å². The number of hydrogen-bond acceptors (Lipinski definition) is 6. The zero-order valence-corrected chi connectivity index (χ0v) is 16.1. The molecule has 0 radical (unpaired) electrons. The van der Waals surface area contributed by atoms with Crippen LogP contribution in [0.4, 0.5) is 0 Å². The lowest BCUT2D eigenvalue weighted by Crippen LogP contribution is -2.13. The van der Waals surface area contributed by atoms with Crippen LogP contribution in [0.5, 0.6) is 17.2 Å². The molecule has 1 N–H and O–H groups in total. The number of unbranched alkanes of at least 4 members (excludes halogenated alkanes) is 7. The lowest BCUT2D eigenvalue weighted by atomic mass is 10.1. The van der Waals surface area contributed by atoms with Crippen molar-refractivity contribution in [3.63, 3.8) is 0 Å². The zero-order chi connectivity index (χ0) is 19.6. The number of ether oxygens (including phenoxy) is 2. The third-order valence-corrected chi connectivity index (χ3v) is 4.29. The van der Waals surface area contributed by atoms with E-state index in [-0.39, 0.29) is 22.8 Å². The number of carbonyl (C=O) groups excluding carboxylic acids is 1. The Morgan fingerprint density at radius 3 is 2.37 bits per heavy atom. The lowest BCUT2D eigenvalue weighted by molar-refractivity contribution is -0.132. The minimum Gasteiger partial charge on any atom is -0.508 e. The molecule has 0 saturated carbocycles. The third-order valence-electron chi connectivity index (χ3n) is 4.29. The molecule has 0 aliphatic carbocycles. The van der Waals surface area contributed by atoms with Crippen LogP contribution in [-0.2, 0) is 4.79 Å². The summed E-state index contributed by atoms with van der Waals surface area (Å²) < 4.78 is 15.9. The normalized spacial score (nSPS) is 10.9. The molecule has 27 heavy (non-hydrogen) atoms. The first kappa shape index (κ1) is 20.8. The van der Waals surface area contributed by atoms with E-state index in [2.05, 4.69) is 6.92 Å². The Kier molecular flexibility index (Phi) is 8.17. The van der Waals surface area contributed by atoms with Gasteiger partial charge in [0, 0.05) is 13.0 Å². The second-order valence-corrected chi connectivity index (χ2v) is 6.65. The van der Waals surface area contributed by atoms with Crippen LogP contribution < -0.4 is 15.1 Å². The highest BCUT2D eigenvalue weighted by molar-refractivity contribution is 5.87. The molecular weight excluding hydrogens is 348 g/mol. The molecule has 0 fully saturated rings. The summed E-state index contributed by atoms with van der Waals surface area (Å²) in [7, 11) is 0. The lowest BCUT2D eigenvalue weighted by Gasteiger charge is -2.12. The Morgan fingerprint density at radius 1 is 1.04 bits per heavy atom. The highest BCUT2D eigenvalue weighted by Gasteiger charge is 2.19. The van der Waals surface area contributed by atoms with Crippen LogP contribution in [0, 0.1) is 0 Å². The van der Waals surface area contributed by atoms with E-state index in [1.54, 1.807) is 6.07 Å². The van der Waals surface area contributed by atoms with Crippen LogP contribution in [0.1, 0.15) is 65.2 Å². The predicted octanol–water partition coefficient (Wildman–Crippen LogP) is 4.94. The summed E-state index contributed by atoms with van der Waals surface area (Å²) in [6, 6.07) is 4.37. The number of rotatable bonds is 11. The second kappa shape index (κ2) is 10.6. The first-order valence-electron chi connectivity index (χ1n) is 9.64. The molecule has 0 saturated heterocycles. The van der Waals surface area contributed by atoms with Gasteiger partial charge in [0.1, 0.15) is 11.3 Å². The number of phenols is 1. The van der Waals surface area contributed by atoms with Crippen LogP contribution in [0.3, 0.4) is 0 Å². The van der Waals surface area contributed by atoms with Gasteiger partial charge in [-0.05, 0) is 18.6 Å². The van der Waals surface area contributed by atoms with Crippen molar-refractivity contribution in [1.82, 2.24) is 0 Å². The first-order chi connectivity index (χ1) is 13.0. The minimum absolute atomic E-state index is 0.0279. The molecule has 0 atom stereocenters. The van der Waals surface area contributed by atoms with Gasteiger partial charge in [0.15, 0.2) is 5.75 Å².